The predicted molar refractivity (Wildman–Crippen MR) is 66.6 cm³/mol. The molecule has 94 valence electrons. The summed E-state index contributed by atoms with van der Waals surface area (Å²) in [6.07, 6.45) is 1.46. The van der Waals surface area contributed by atoms with E-state index in [-0.39, 0.29) is 6.10 Å². The van der Waals surface area contributed by atoms with Gasteiger partial charge in [-0.2, -0.15) is 0 Å². The van der Waals surface area contributed by atoms with Gasteiger partial charge in [0.05, 0.1) is 24.3 Å². The van der Waals surface area contributed by atoms with E-state index in [1.165, 1.54) is 0 Å². The molecule has 1 heterocycles. The minimum atomic E-state index is -0.510. The standard InChI is InChI=1S/C13H17ClO3/c1-9(15)10-2-3-13(12(14)8-10)17-11-4-6-16-7-5-11/h2-3,8-9,11,15H,4-7H2,1H3/t9-/m1/s1. The van der Waals surface area contributed by atoms with Gasteiger partial charge >= 0.3 is 0 Å². The van der Waals surface area contributed by atoms with E-state index in [2.05, 4.69) is 0 Å². The Morgan fingerprint density at radius 3 is 2.71 bits per heavy atom. The molecule has 0 radical (unpaired) electrons. The summed E-state index contributed by atoms with van der Waals surface area (Å²) in [5, 5.41) is 10.00. The monoisotopic (exact) mass is 256 g/mol. The summed E-state index contributed by atoms with van der Waals surface area (Å²) in [5.74, 6) is 0.683. The number of halogens is 1. The molecule has 1 aliphatic heterocycles. The molecule has 0 unspecified atom stereocenters. The smallest absolute Gasteiger partial charge is 0.138 e. The second-order valence-electron chi connectivity index (χ2n) is 4.30. The van der Waals surface area contributed by atoms with Crippen LogP contribution in [0.1, 0.15) is 31.4 Å². The third-order valence-corrected chi connectivity index (χ3v) is 3.20. The molecule has 2 rings (SSSR count). The average Bonchev–Trinajstić information content (AvgIpc) is 2.33. The van der Waals surface area contributed by atoms with Crippen LogP contribution in [-0.4, -0.2) is 24.4 Å². The van der Waals surface area contributed by atoms with Gasteiger partial charge in [0.25, 0.3) is 0 Å². The van der Waals surface area contributed by atoms with Crippen LogP contribution in [-0.2, 0) is 4.74 Å². The van der Waals surface area contributed by atoms with Crippen molar-refractivity contribution in [2.75, 3.05) is 13.2 Å². The molecule has 0 spiro atoms. The van der Waals surface area contributed by atoms with Crippen LogP contribution in [0.3, 0.4) is 0 Å². The maximum atomic E-state index is 9.44. The molecule has 1 saturated heterocycles. The average molecular weight is 257 g/mol. The van der Waals surface area contributed by atoms with E-state index in [1.54, 1.807) is 13.0 Å². The quantitative estimate of drug-likeness (QED) is 0.904. The van der Waals surface area contributed by atoms with Gasteiger partial charge in [-0.1, -0.05) is 17.7 Å². The lowest BCUT2D eigenvalue weighted by Crippen LogP contribution is -2.25. The number of rotatable bonds is 3. The molecule has 1 aliphatic rings. The van der Waals surface area contributed by atoms with Crippen LogP contribution in [0.4, 0.5) is 0 Å². The van der Waals surface area contributed by atoms with Crippen molar-refractivity contribution in [2.45, 2.75) is 32.0 Å². The molecular formula is C13H17ClO3. The van der Waals surface area contributed by atoms with Crippen molar-refractivity contribution in [2.24, 2.45) is 0 Å². The fraction of sp³-hybridized carbons (Fsp3) is 0.538. The molecule has 1 atom stereocenters. The fourth-order valence-electron chi connectivity index (χ4n) is 1.85. The van der Waals surface area contributed by atoms with Crippen LogP contribution in [0.5, 0.6) is 5.75 Å². The Bertz CT molecular complexity index is 373. The van der Waals surface area contributed by atoms with Crippen molar-refractivity contribution in [1.29, 1.82) is 0 Å². The summed E-state index contributed by atoms with van der Waals surface area (Å²) in [7, 11) is 0. The van der Waals surface area contributed by atoms with Gasteiger partial charge in [-0.3, -0.25) is 0 Å². The van der Waals surface area contributed by atoms with Gasteiger partial charge in [-0.25, -0.2) is 0 Å². The number of aliphatic hydroxyl groups is 1. The molecule has 1 aromatic carbocycles. The SMILES string of the molecule is C[C@@H](O)c1ccc(OC2CCOCC2)c(Cl)c1. The lowest BCUT2D eigenvalue weighted by Gasteiger charge is -2.24. The Hall–Kier alpha value is -0.770. The van der Waals surface area contributed by atoms with Crippen molar-refractivity contribution < 1.29 is 14.6 Å². The third kappa shape index (κ3) is 3.35. The van der Waals surface area contributed by atoms with E-state index >= 15 is 0 Å². The van der Waals surface area contributed by atoms with Crippen LogP contribution in [0.2, 0.25) is 5.02 Å². The summed E-state index contributed by atoms with van der Waals surface area (Å²) in [5.41, 5.74) is 0.800. The molecule has 0 saturated carbocycles. The Kier molecular flexibility index (Phi) is 4.26. The lowest BCUT2D eigenvalue weighted by atomic mass is 10.1. The molecule has 4 heteroatoms. The first-order chi connectivity index (χ1) is 8.16. The van der Waals surface area contributed by atoms with Crippen LogP contribution in [0.25, 0.3) is 0 Å². The number of hydrogen-bond acceptors (Lipinski definition) is 3. The lowest BCUT2D eigenvalue weighted by molar-refractivity contribution is 0.0256. The molecule has 0 bridgehead atoms. The molecule has 17 heavy (non-hydrogen) atoms. The zero-order chi connectivity index (χ0) is 12.3. The third-order valence-electron chi connectivity index (χ3n) is 2.90. The van der Waals surface area contributed by atoms with E-state index in [0.29, 0.717) is 10.8 Å². The van der Waals surface area contributed by atoms with Gasteiger partial charge in [0.1, 0.15) is 11.9 Å². The normalized spacial score (nSPS) is 19.0. The topological polar surface area (TPSA) is 38.7 Å². The van der Waals surface area contributed by atoms with Gasteiger partial charge < -0.3 is 14.6 Å². The Labute approximate surface area is 106 Å². The highest BCUT2D eigenvalue weighted by Gasteiger charge is 2.17. The van der Waals surface area contributed by atoms with Gasteiger partial charge in [0, 0.05) is 12.8 Å². The summed E-state index contributed by atoms with van der Waals surface area (Å²) < 4.78 is 11.1. The maximum absolute atomic E-state index is 9.44. The summed E-state index contributed by atoms with van der Waals surface area (Å²) in [4.78, 5) is 0. The van der Waals surface area contributed by atoms with Crippen LogP contribution in [0.15, 0.2) is 18.2 Å². The number of hydrogen-bond donors (Lipinski definition) is 1. The van der Waals surface area contributed by atoms with E-state index in [1.807, 2.05) is 12.1 Å². The molecule has 0 amide bonds. The molecule has 0 aliphatic carbocycles. The van der Waals surface area contributed by atoms with E-state index in [9.17, 15) is 5.11 Å². The van der Waals surface area contributed by atoms with Crippen molar-refractivity contribution in [3.05, 3.63) is 28.8 Å². The highest BCUT2D eigenvalue weighted by atomic mass is 35.5. The Balaban J connectivity index is 2.05. The molecule has 1 fully saturated rings. The molecule has 3 nitrogen and oxygen atoms in total. The molecular weight excluding hydrogens is 240 g/mol. The summed E-state index contributed by atoms with van der Waals surface area (Å²) in [6, 6.07) is 5.41. The highest BCUT2D eigenvalue weighted by Crippen LogP contribution is 2.29. The zero-order valence-corrected chi connectivity index (χ0v) is 10.6. The first-order valence-electron chi connectivity index (χ1n) is 5.88. The van der Waals surface area contributed by atoms with Gasteiger partial charge in [-0.05, 0) is 24.6 Å². The van der Waals surface area contributed by atoms with Gasteiger partial charge in [-0.15, -0.1) is 0 Å². The summed E-state index contributed by atoms with van der Waals surface area (Å²) >= 11 is 6.13. The molecule has 0 aromatic heterocycles. The second kappa shape index (κ2) is 5.71. The van der Waals surface area contributed by atoms with Crippen LogP contribution < -0.4 is 4.74 Å². The minimum Gasteiger partial charge on any atom is -0.489 e. The van der Waals surface area contributed by atoms with E-state index in [4.69, 9.17) is 21.1 Å². The second-order valence-corrected chi connectivity index (χ2v) is 4.70. The Morgan fingerprint density at radius 2 is 2.12 bits per heavy atom. The summed E-state index contributed by atoms with van der Waals surface area (Å²) in [6.45, 7) is 3.20. The molecule has 1 aromatic rings. The Morgan fingerprint density at radius 1 is 1.41 bits per heavy atom. The van der Waals surface area contributed by atoms with Crippen molar-refractivity contribution in [3.8, 4) is 5.75 Å². The van der Waals surface area contributed by atoms with E-state index in [0.717, 1.165) is 31.6 Å². The largest absolute Gasteiger partial charge is 0.489 e. The van der Waals surface area contributed by atoms with Gasteiger partial charge in [0.2, 0.25) is 0 Å². The molecule has 1 N–H and O–H groups in total. The van der Waals surface area contributed by atoms with Crippen molar-refractivity contribution >= 4 is 11.6 Å². The highest BCUT2D eigenvalue weighted by molar-refractivity contribution is 6.32. The number of benzene rings is 1. The van der Waals surface area contributed by atoms with Crippen molar-refractivity contribution in [3.63, 3.8) is 0 Å². The fourth-order valence-corrected chi connectivity index (χ4v) is 2.08. The van der Waals surface area contributed by atoms with Crippen LogP contribution in [0, 0.1) is 0 Å². The number of aliphatic hydroxyl groups excluding tert-OH is 1. The first-order valence-corrected chi connectivity index (χ1v) is 6.26. The van der Waals surface area contributed by atoms with Gasteiger partial charge in [0.15, 0.2) is 0 Å². The predicted octanol–water partition coefficient (Wildman–Crippen LogP) is 2.95. The van der Waals surface area contributed by atoms with E-state index < -0.39 is 6.10 Å². The number of ether oxygens (including phenoxy) is 2. The first kappa shape index (κ1) is 12.7. The maximum Gasteiger partial charge on any atom is 0.138 e. The van der Waals surface area contributed by atoms with Crippen LogP contribution >= 0.6 is 11.6 Å². The van der Waals surface area contributed by atoms with Crippen molar-refractivity contribution in [1.82, 2.24) is 0 Å². The zero-order valence-electron chi connectivity index (χ0n) is 9.86. The minimum absolute atomic E-state index is 0.179.